The number of hydrogen-bond donors (Lipinski definition) is 0. The molecule has 0 aromatic rings. The van der Waals surface area contributed by atoms with Crippen molar-refractivity contribution in [2.45, 2.75) is 39.3 Å². The zero-order valence-electron chi connectivity index (χ0n) is 8.09. The van der Waals surface area contributed by atoms with Crippen molar-refractivity contribution >= 4 is 5.91 Å². The Morgan fingerprint density at radius 1 is 1.67 bits per heavy atom. The molecule has 1 fully saturated rings. The Kier molecular flexibility index (Phi) is 2.73. The van der Waals surface area contributed by atoms with Crippen LogP contribution in [0.4, 0.5) is 0 Å². The molecule has 1 aliphatic heterocycles. The molecule has 1 atom stereocenters. The van der Waals surface area contributed by atoms with Crippen LogP contribution in [0.15, 0.2) is 0 Å². The lowest BCUT2D eigenvalue weighted by molar-refractivity contribution is -0.145. The molecule has 1 amide bonds. The van der Waals surface area contributed by atoms with Crippen LogP contribution < -0.4 is 0 Å². The molecule has 1 aliphatic rings. The molecule has 12 heavy (non-hydrogen) atoms. The van der Waals surface area contributed by atoms with E-state index >= 15 is 0 Å². The first-order chi connectivity index (χ1) is 5.60. The van der Waals surface area contributed by atoms with Crippen LogP contribution in [0, 0.1) is 0 Å². The number of hydrogen-bond acceptors (Lipinski definition) is 2. The van der Waals surface area contributed by atoms with Crippen LogP contribution in [0.5, 0.6) is 0 Å². The van der Waals surface area contributed by atoms with Crippen LogP contribution in [-0.2, 0) is 9.53 Å². The van der Waals surface area contributed by atoms with Crippen molar-refractivity contribution < 1.29 is 9.53 Å². The van der Waals surface area contributed by atoms with Gasteiger partial charge in [-0.3, -0.25) is 4.79 Å². The molecule has 1 heterocycles. The van der Waals surface area contributed by atoms with E-state index in [-0.39, 0.29) is 11.6 Å². The van der Waals surface area contributed by atoms with E-state index in [1.165, 1.54) is 0 Å². The Morgan fingerprint density at radius 3 is 2.83 bits per heavy atom. The molecule has 0 N–H and O–H groups in total. The van der Waals surface area contributed by atoms with Gasteiger partial charge < -0.3 is 9.64 Å². The van der Waals surface area contributed by atoms with Crippen LogP contribution in [0.25, 0.3) is 0 Å². The lowest BCUT2D eigenvalue weighted by Crippen LogP contribution is -2.44. The zero-order chi connectivity index (χ0) is 9.19. The highest BCUT2D eigenvalue weighted by atomic mass is 16.5. The lowest BCUT2D eigenvalue weighted by Gasteiger charge is -2.32. The lowest BCUT2D eigenvalue weighted by atomic mass is 10.1. The van der Waals surface area contributed by atoms with Crippen molar-refractivity contribution in [3.05, 3.63) is 0 Å². The standard InChI is InChI=1S/C9H17NO2/c1-4-5-9(3)10(8(2)11)6-7-12-9/h4-7H2,1-3H3. The van der Waals surface area contributed by atoms with Crippen LogP contribution >= 0.6 is 0 Å². The molecule has 0 spiro atoms. The van der Waals surface area contributed by atoms with Crippen molar-refractivity contribution in [3.8, 4) is 0 Å². The molecule has 0 saturated carbocycles. The van der Waals surface area contributed by atoms with Gasteiger partial charge in [-0.05, 0) is 13.3 Å². The molecule has 0 aromatic carbocycles. The summed E-state index contributed by atoms with van der Waals surface area (Å²) in [4.78, 5) is 13.0. The van der Waals surface area contributed by atoms with Gasteiger partial charge in [-0.15, -0.1) is 0 Å². The Hall–Kier alpha value is -0.570. The van der Waals surface area contributed by atoms with Crippen LogP contribution in [0.1, 0.15) is 33.6 Å². The molecule has 3 nitrogen and oxygen atoms in total. The minimum Gasteiger partial charge on any atom is -0.354 e. The number of carbonyl (C=O) groups excluding carboxylic acids is 1. The van der Waals surface area contributed by atoms with E-state index in [4.69, 9.17) is 4.74 Å². The Balaban J connectivity index is 2.67. The highest BCUT2D eigenvalue weighted by molar-refractivity contribution is 5.74. The second-order valence-electron chi connectivity index (χ2n) is 3.44. The van der Waals surface area contributed by atoms with Gasteiger partial charge in [0.2, 0.25) is 5.91 Å². The average Bonchev–Trinajstić information content (AvgIpc) is 2.32. The number of amides is 1. The monoisotopic (exact) mass is 171 g/mol. The van der Waals surface area contributed by atoms with Crippen molar-refractivity contribution in [3.63, 3.8) is 0 Å². The smallest absolute Gasteiger partial charge is 0.221 e. The van der Waals surface area contributed by atoms with Crippen molar-refractivity contribution in [1.29, 1.82) is 0 Å². The summed E-state index contributed by atoms with van der Waals surface area (Å²) in [7, 11) is 0. The number of rotatable bonds is 2. The third kappa shape index (κ3) is 1.61. The van der Waals surface area contributed by atoms with E-state index < -0.39 is 0 Å². The Morgan fingerprint density at radius 2 is 2.33 bits per heavy atom. The summed E-state index contributed by atoms with van der Waals surface area (Å²) in [6.07, 6.45) is 1.97. The maximum absolute atomic E-state index is 11.2. The van der Waals surface area contributed by atoms with Crippen molar-refractivity contribution in [2.75, 3.05) is 13.2 Å². The van der Waals surface area contributed by atoms with Gasteiger partial charge in [0.1, 0.15) is 5.72 Å². The molecular formula is C9H17NO2. The quantitative estimate of drug-likeness (QED) is 0.628. The second-order valence-corrected chi connectivity index (χ2v) is 3.44. The topological polar surface area (TPSA) is 29.5 Å². The number of carbonyl (C=O) groups is 1. The summed E-state index contributed by atoms with van der Waals surface area (Å²) in [6, 6.07) is 0. The summed E-state index contributed by atoms with van der Waals surface area (Å²) >= 11 is 0. The van der Waals surface area contributed by atoms with Gasteiger partial charge in [0.25, 0.3) is 0 Å². The fraction of sp³-hybridized carbons (Fsp3) is 0.889. The largest absolute Gasteiger partial charge is 0.354 e. The van der Waals surface area contributed by atoms with Gasteiger partial charge in [-0.25, -0.2) is 0 Å². The fourth-order valence-electron chi connectivity index (χ4n) is 1.83. The minimum absolute atomic E-state index is 0.114. The van der Waals surface area contributed by atoms with Crippen molar-refractivity contribution in [2.24, 2.45) is 0 Å². The van der Waals surface area contributed by atoms with Gasteiger partial charge in [0.15, 0.2) is 0 Å². The normalized spacial score (nSPS) is 29.4. The van der Waals surface area contributed by atoms with Gasteiger partial charge in [0, 0.05) is 13.5 Å². The molecule has 0 aromatic heterocycles. The summed E-state index contributed by atoms with van der Waals surface area (Å²) in [5.74, 6) is 0.114. The molecule has 0 radical (unpaired) electrons. The van der Waals surface area contributed by atoms with Crippen LogP contribution in [0.3, 0.4) is 0 Å². The first-order valence-corrected chi connectivity index (χ1v) is 4.52. The minimum atomic E-state index is -0.333. The van der Waals surface area contributed by atoms with E-state index in [0.717, 1.165) is 19.4 Å². The second kappa shape index (κ2) is 3.44. The molecule has 3 heteroatoms. The van der Waals surface area contributed by atoms with Gasteiger partial charge >= 0.3 is 0 Å². The zero-order valence-corrected chi connectivity index (χ0v) is 8.09. The molecule has 70 valence electrons. The first kappa shape index (κ1) is 9.52. The van der Waals surface area contributed by atoms with Gasteiger partial charge in [-0.2, -0.15) is 0 Å². The third-order valence-electron chi connectivity index (χ3n) is 2.39. The molecule has 1 rings (SSSR count). The molecular weight excluding hydrogens is 154 g/mol. The average molecular weight is 171 g/mol. The Bertz CT molecular complexity index is 181. The fourth-order valence-corrected chi connectivity index (χ4v) is 1.83. The maximum atomic E-state index is 11.2. The summed E-state index contributed by atoms with van der Waals surface area (Å²) in [6.45, 7) is 7.11. The first-order valence-electron chi connectivity index (χ1n) is 4.52. The van der Waals surface area contributed by atoms with E-state index in [1.807, 2.05) is 11.8 Å². The SMILES string of the molecule is CCCC1(C)OCCN1C(C)=O. The van der Waals surface area contributed by atoms with E-state index in [9.17, 15) is 4.79 Å². The maximum Gasteiger partial charge on any atom is 0.221 e. The summed E-state index contributed by atoms with van der Waals surface area (Å²) < 4.78 is 5.56. The number of ether oxygens (including phenoxy) is 1. The molecule has 0 bridgehead atoms. The Labute approximate surface area is 73.7 Å². The highest BCUT2D eigenvalue weighted by Gasteiger charge is 2.38. The third-order valence-corrected chi connectivity index (χ3v) is 2.39. The number of nitrogens with zero attached hydrogens (tertiary/aromatic N) is 1. The molecule has 1 unspecified atom stereocenters. The van der Waals surface area contributed by atoms with E-state index in [0.29, 0.717) is 6.61 Å². The van der Waals surface area contributed by atoms with Crippen molar-refractivity contribution in [1.82, 2.24) is 4.90 Å². The van der Waals surface area contributed by atoms with E-state index in [2.05, 4.69) is 6.92 Å². The summed E-state index contributed by atoms with van der Waals surface area (Å²) in [5, 5.41) is 0. The van der Waals surface area contributed by atoms with Crippen LogP contribution in [0.2, 0.25) is 0 Å². The predicted octanol–water partition coefficient (Wildman–Crippen LogP) is 1.38. The van der Waals surface area contributed by atoms with Crippen LogP contribution in [-0.4, -0.2) is 29.7 Å². The molecule has 0 aliphatic carbocycles. The van der Waals surface area contributed by atoms with E-state index in [1.54, 1.807) is 6.92 Å². The summed E-state index contributed by atoms with van der Waals surface area (Å²) in [5.41, 5.74) is -0.333. The predicted molar refractivity (Wildman–Crippen MR) is 46.7 cm³/mol. The van der Waals surface area contributed by atoms with Gasteiger partial charge in [-0.1, -0.05) is 13.3 Å². The highest BCUT2D eigenvalue weighted by Crippen LogP contribution is 2.27. The molecule has 1 saturated heterocycles. The van der Waals surface area contributed by atoms with Gasteiger partial charge in [0.05, 0.1) is 6.61 Å².